The lowest BCUT2D eigenvalue weighted by molar-refractivity contribution is -0.169. The molecule has 2 amide bonds. The Morgan fingerprint density at radius 3 is 2.59 bits per heavy atom. The van der Waals surface area contributed by atoms with Crippen LogP contribution in [0.15, 0.2) is 24.4 Å². The molecule has 202 valence electrons. The Bertz CT molecular complexity index is 1150. The lowest BCUT2D eigenvalue weighted by Crippen LogP contribution is -2.45. The van der Waals surface area contributed by atoms with Gasteiger partial charge in [0.25, 0.3) is 5.91 Å². The summed E-state index contributed by atoms with van der Waals surface area (Å²) >= 11 is 0. The van der Waals surface area contributed by atoms with Crippen LogP contribution in [0.1, 0.15) is 59.7 Å². The molecule has 2 atom stereocenters. The summed E-state index contributed by atoms with van der Waals surface area (Å²) in [4.78, 5) is 29.9. The van der Waals surface area contributed by atoms with Gasteiger partial charge in [-0.25, -0.2) is 4.79 Å². The van der Waals surface area contributed by atoms with Crippen molar-refractivity contribution in [1.82, 2.24) is 19.8 Å². The third-order valence-electron chi connectivity index (χ3n) is 6.36. The molecule has 0 aromatic carbocycles. The molecule has 1 saturated heterocycles. The number of alkyl halides is 6. The molecule has 0 aliphatic carbocycles. The summed E-state index contributed by atoms with van der Waals surface area (Å²) < 4.78 is 90.9. The molecule has 2 aliphatic rings. The van der Waals surface area contributed by atoms with Crippen molar-refractivity contribution < 1.29 is 45.4 Å². The molecule has 1 fully saturated rings. The summed E-state index contributed by atoms with van der Waals surface area (Å²) in [6.45, 7) is 2.02. The van der Waals surface area contributed by atoms with Gasteiger partial charge in [0.15, 0.2) is 5.75 Å². The highest BCUT2D eigenvalue weighted by atomic mass is 19.4. The monoisotopic (exact) mass is 534 g/mol. The predicted octanol–water partition coefficient (Wildman–Crippen LogP) is 4.84. The first-order chi connectivity index (χ1) is 17.4. The van der Waals surface area contributed by atoms with Crippen LogP contribution in [0.4, 0.5) is 31.1 Å². The van der Waals surface area contributed by atoms with Crippen molar-refractivity contribution in [3.8, 4) is 5.75 Å². The van der Waals surface area contributed by atoms with E-state index in [1.165, 1.54) is 16.7 Å². The van der Waals surface area contributed by atoms with Crippen molar-refractivity contribution in [3.63, 3.8) is 0 Å². The summed E-state index contributed by atoms with van der Waals surface area (Å²) in [5, 5.41) is 2.54. The Morgan fingerprint density at radius 2 is 1.97 bits per heavy atom. The number of carbonyl (C=O) groups excluding carboxylic acids is 2. The molecule has 0 radical (unpaired) electrons. The minimum absolute atomic E-state index is 0.0291. The second-order valence-electron chi connectivity index (χ2n) is 8.71. The van der Waals surface area contributed by atoms with Gasteiger partial charge in [-0.3, -0.25) is 9.78 Å². The molecule has 14 heteroatoms. The molecule has 2 aromatic rings. The molecule has 0 unspecified atom stereocenters. The zero-order valence-corrected chi connectivity index (χ0v) is 19.7. The molecule has 0 spiro atoms. The lowest BCUT2D eigenvalue weighted by atomic mass is 10.1. The molecule has 4 heterocycles. The fraction of sp³-hybridized carbons (Fsp3) is 0.522. The van der Waals surface area contributed by atoms with E-state index in [1.54, 1.807) is 6.92 Å². The van der Waals surface area contributed by atoms with Gasteiger partial charge in [-0.1, -0.05) is 13.0 Å². The molecule has 0 saturated carbocycles. The maximum atomic E-state index is 13.4. The number of aromatic nitrogens is 2. The minimum Gasteiger partial charge on any atom is -0.408 e. The number of amides is 2. The molecule has 2 aromatic heterocycles. The van der Waals surface area contributed by atoms with E-state index in [-0.39, 0.29) is 50.6 Å². The lowest BCUT2D eigenvalue weighted by Gasteiger charge is -2.27. The number of nitrogens with zero attached hydrogens (tertiary/aromatic N) is 3. The first-order valence-electron chi connectivity index (χ1n) is 11.6. The van der Waals surface area contributed by atoms with Crippen LogP contribution in [0.2, 0.25) is 0 Å². The number of nitrogens with one attached hydrogen (secondary N) is 1. The van der Waals surface area contributed by atoms with Crippen LogP contribution in [0.5, 0.6) is 5.75 Å². The van der Waals surface area contributed by atoms with E-state index in [4.69, 9.17) is 9.47 Å². The van der Waals surface area contributed by atoms with Crippen LogP contribution in [-0.2, 0) is 24.1 Å². The third-order valence-corrected chi connectivity index (χ3v) is 6.36. The number of hydrogen-bond acceptors (Lipinski definition) is 5. The number of fused-ring (bicyclic) bond motifs is 1. The van der Waals surface area contributed by atoms with Gasteiger partial charge >= 0.3 is 18.4 Å². The molecule has 1 N–H and O–H groups in total. The van der Waals surface area contributed by atoms with Gasteiger partial charge in [0.1, 0.15) is 17.4 Å². The first-order valence-corrected chi connectivity index (χ1v) is 11.6. The van der Waals surface area contributed by atoms with Gasteiger partial charge in [0.05, 0.1) is 24.9 Å². The zero-order chi connectivity index (χ0) is 27.0. The first kappa shape index (κ1) is 26.8. The van der Waals surface area contributed by atoms with E-state index in [2.05, 4.69) is 10.3 Å². The highest BCUT2D eigenvalue weighted by Crippen LogP contribution is 2.36. The van der Waals surface area contributed by atoms with Crippen molar-refractivity contribution >= 4 is 12.0 Å². The maximum absolute atomic E-state index is 13.4. The van der Waals surface area contributed by atoms with Crippen LogP contribution in [0.25, 0.3) is 0 Å². The molecule has 8 nitrogen and oxygen atoms in total. The highest BCUT2D eigenvalue weighted by molar-refractivity contribution is 5.94. The largest absolute Gasteiger partial charge is 0.433 e. The highest BCUT2D eigenvalue weighted by Gasteiger charge is 2.48. The fourth-order valence-corrected chi connectivity index (χ4v) is 4.53. The van der Waals surface area contributed by atoms with E-state index in [1.807, 2.05) is 0 Å². The number of rotatable bonds is 5. The number of ether oxygens (including phenoxy) is 2. The molecule has 0 bridgehead atoms. The zero-order valence-electron chi connectivity index (χ0n) is 19.7. The topological polar surface area (TPSA) is 85.7 Å². The standard InChI is InChI=1S/C23H24F6N4O4/c1-2-14(13-5-6-18(30-11-13)22(24,25)26)31-21(35)37-17-10-15(32-8-9-36-12-16(17)32)20(34)33-7-3-4-19(33)23(27,28)29/h5-6,10-11,14,19H,2-4,7-9,12H2,1H3,(H,31,35)/t14-,19-/m1/s1. The van der Waals surface area contributed by atoms with E-state index in [0.29, 0.717) is 17.7 Å². The number of halogens is 6. The van der Waals surface area contributed by atoms with Crippen molar-refractivity contribution in [2.75, 3.05) is 13.2 Å². The van der Waals surface area contributed by atoms with Crippen LogP contribution in [0, 0.1) is 0 Å². The minimum atomic E-state index is -4.60. The van der Waals surface area contributed by atoms with Crippen molar-refractivity contribution in [1.29, 1.82) is 0 Å². The van der Waals surface area contributed by atoms with Gasteiger partial charge in [-0.05, 0) is 30.9 Å². The van der Waals surface area contributed by atoms with Crippen LogP contribution in [0.3, 0.4) is 0 Å². The maximum Gasteiger partial charge on any atom is 0.433 e. The summed E-state index contributed by atoms with van der Waals surface area (Å²) in [5.41, 5.74) is -0.483. The van der Waals surface area contributed by atoms with Crippen LogP contribution in [-0.4, -0.2) is 51.8 Å². The Hall–Kier alpha value is -3.29. The molecular formula is C23H24F6N4O4. The van der Waals surface area contributed by atoms with E-state index >= 15 is 0 Å². The Morgan fingerprint density at radius 1 is 1.22 bits per heavy atom. The van der Waals surface area contributed by atoms with Crippen molar-refractivity contribution in [3.05, 3.63) is 47.0 Å². The number of hydrogen-bond donors (Lipinski definition) is 1. The summed E-state index contributed by atoms with van der Waals surface area (Å²) in [6.07, 6.45) is -8.78. The predicted molar refractivity (Wildman–Crippen MR) is 116 cm³/mol. The van der Waals surface area contributed by atoms with Gasteiger partial charge < -0.3 is 24.3 Å². The summed E-state index contributed by atoms with van der Waals surface area (Å²) in [6, 6.07) is 0.605. The summed E-state index contributed by atoms with van der Waals surface area (Å²) in [7, 11) is 0. The quantitative estimate of drug-likeness (QED) is 0.555. The van der Waals surface area contributed by atoms with Gasteiger partial charge in [0.2, 0.25) is 0 Å². The van der Waals surface area contributed by atoms with Crippen molar-refractivity contribution in [2.24, 2.45) is 0 Å². The number of carbonyl (C=O) groups is 2. The molecule has 2 aliphatic heterocycles. The molecule has 4 rings (SSSR count). The second-order valence-corrected chi connectivity index (χ2v) is 8.71. The Labute approximate surface area is 207 Å². The fourth-order valence-electron chi connectivity index (χ4n) is 4.53. The number of likely N-dealkylation sites (tertiary alicyclic amines) is 1. The van der Waals surface area contributed by atoms with Crippen molar-refractivity contribution in [2.45, 2.75) is 63.8 Å². The average molecular weight is 534 g/mol. The van der Waals surface area contributed by atoms with E-state index in [0.717, 1.165) is 17.2 Å². The SMILES string of the molecule is CC[C@@H](NC(=O)Oc1cc(C(=O)N2CCC[C@@H]2C(F)(F)F)n2c1COCC2)c1ccc(C(F)(F)F)nc1. The van der Waals surface area contributed by atoms with Gasteiger partial charge in [0, 0.05) is 25.4 Å². The number of pyridine rings is 1. The molecule has 37 heavy (non-hydrogen) atoms. The van der Waals surface area contributed by atoms with E-state index < -0.39 is 42.1 Å². The normalized spacial score (nSPS) is 18.9. The third kappa shape index (κ3) is 5.68. The van der Waals surface area contributed by atoms with Crippen LogP contribution < -0.4 is 10.1 Å². The van der Waals surface area contributed by atoms with E-state index in [9.17, 15) is 35.9 Å². The average Bonchev–Trinajstić information content (AvgIpc) is 3.48. The van der Waals surface area contributed by atoms with Crippen LogP contribution >= 0.6 is 0 Å². The smallest absolute Gasteiger partial charge is 0.408 e. The van der Waals surface area contributed by atoms with Gasteiger partial charge in [-0.2, -0.15) is 26.3 Å². The molecular weight excluding hydrogens is 510 g/mol. The Balaban J connectivity index is 1.52. The Kier molecular flexibility index (Phi) is 7.40. The second kappa shape index (κ2) is 10.2. The van der Waals surface area contributed by atoms with Gasteiger partial charge in [-0.15, -0.1) is 0 Å². The summed E-state index contributed by atoms with van der Waals surface area (Å²) in [5.74, 6) is -0.871.